The van der Waals surface area contributed by atoms with E-state index in [9.17, 15) is 18.0 Å². The first-order valence-corrected chi connectivity index (χ1v) is 6.54. The van der Waals surface area contributed by atoms with Gasteiger partial charge < -0.3 is 15.6 Å². The van der Waals surface area contributed by atoms with Crippen LogP contribution < -0.4 is 10.5 Å². The molecule has 0 heterocycles. The van der Waals surface area contributed by atoms with E-state index in [1.54, 1.807) is 6.92 Å². The summed E-state index contributed by atoms with van der Waals surface area (Å²) < 4.78 is 29.1. The zero-order valence-electron chi connectivity index (χ0n) is 9.38. The number of esters is 1. The van der Waals surface area contributed by atoms with Gasteiger partial charge >= 0.3 is 5.97 Å². The molecule has 0 spiro atoms. The highest BCUT2D eigenvalue weighted by molar-refractivity contribution is 7.89. The molecule has 1 amide bonds. The van der Waals surface area contributed by atoms with E-state index in [1.807, 2.05) is 4.72 Å². The molecule has 0 rings (SSSR count). The molecule has 0 aliphatic heterocycles. The summed E-state index contributed by atoms with van der Waals surface area (Å²) in [5.74, 6) is -2.14. The molecular weight excluding hydrogens is 252 g/mol. The number of nitrogens with two attached hydrogens (primary N) is 1. The molecule has 0 radical (unpaired) electrons. The molecule has 17 heavy (non-hydrogen) atoms. The maximum atomic E-state index is 11.3. The summed E-state index contributed by atoms with van der Waals surface area (Å²) in [5, 5.41) is 8.96. The Morgan fingerprint density at radius 2 is 2.06 bits per heavy atom. The number of hydrogen-bond donors (Lipinski definition) is 3. The highest BCUT2D eigenvalue weighted by Gasteiger charge is 2.17. The summed E-state index contributed by atoms with van der Waals surface area (Å²) >= 11 is 0. The quantitative estimate of drug-likeness (QED) is 0.424. The van der Waals surface area contributed by atoms with Gasteiger partial charge in [-0.2, -0.15) is 0 Å². The predicted octanol–water partition coefficient (Wildman–Crippen LogP) is -2.29. The average Bonchev–Trinajstić information content (AvgIpc) is 2.24. The standard InChI is InChI=1S/C8H16N2O6S/c1-2-16-7(12)3-4-17(14,15)10-5-6(11)8(9)13/h6,10-11H,2-5H2,1H3,(H2,9,13). The molecule has 0 fully saturated rings. The van der Waals surface area contributed by atoms with Gasteiger partial charge in [0, 0.05) is 6.54 Å². The Bertz CT molecular complexity index is 366. The fourth-order valence-electron chi connectivity index (χ4n) is 0.830. The molecule has 0 saturated carbocycles. The maximum Gasteiger partial charge on any atom is 0.306 e. The molecule has 0 aromatic rings. The van der Waals surface area contributed by atoms with Crippen LogP contribution in [0.1, 0.15) is 13.3 Å². The zero-order valence-corrected chi connectivity index (χ0v) is 10.2. The van der Waals surface area contributed by atoms with Gasteiger partial charge in [0.05, 0.1) is 18.8 Å². The number of aliphatic hydroxyl groups excluding tert-OH is 1. The Balaban J connectivity index is 4.05. The summed E-state index contributed by atoms with van der Waals surface area (Å²) in [5.41, 5.74) is 4.73. The molecule has 100 valence electrons. The molecule has 0 aliphatic carbocycles. The van der Waals surface area contributed by atoms with Gasteiger partial charge in [-0.3, -0.25) is 9.59 Å². The Labute approximate surface area is 99.2 Å². The van der Waals surface area contributed by atoms with Crippen LogP contribution in [0.25, 0.3) is 0 Å². The van der Waals surface area contributed by atoms with Gasteiger partial charge in [0.2, 0.25) is 15.9 Å². The first kappa shape index (κ1) is 15.8. The summed E-state index contributed by atoms with van der Waals surface area (Å²) in [6.07, 6.45) is -1.89. The molecule has 1 unspecified atom stereocenters. The second-order valence-electron chi connectivity index (χ2n) is 3.14. The van der Waals surface area contributed by atoms with Gasteiger partial charge in [-0.25, -0.2) is 13.1 Å². The highest BCUT2D eigenvalue weighted by atomic mass is 32.2. The van der Waals surface area contributed by atoms with E-state index in [-0.39, 0.29) is 13.0 Å². The zero-order chi connectivity index (χ0) is 13.5. The van der Waals surface area contributed by atoms with Crippen LogP contribution in [-0.4, -0.2) is 50.4 Å². The number of nitrogens with one attached hydrogen (secondary N) is 1. The molecule has 0 bridgehead atoms. The Hall–Kier alpha value is -1.19. The van der Waals surface area contributed by atoms with Crippen molar-refractivity contribution in [3.63, 3.8) is 0 Å². The molecule has 1 atom stereocenters. The third-order valence-corrected chi connectivity index (χ3v) is 3.05. The number of rotatable bonds is 8. The van der Waals surface area contributed by atoms with Gasteiger partial charge in [0.15, 0.2) is 0 Å². The minimum absolute atomic E-state index is 0.173. The highest BCUT2D eigenvalue weighted by Crippen LogP contribution is 1.93. The normalized spacial score (nSPS) is 13.1. The lowest BCUT2D eigenvalue weighted by molar-refractivity contribution is -0.142. The van der Waals surface area contributed by atoms with E-state index >= 15 is 0 Å². The van der Waals surface area contributed by atoms with Crippen LogP contribution in [0.3, 0.4) is 0 Å². The minimum atomic E-state index is -3.74. The van der Waals surface area contributed by atoms with Crippen LogP contribution in [0.15, 0.2) is 0 Å². The molecular formula is C8H16N2O6S. The molecule has 0 saturated heterocycles. The number of sulfonamides is 1. The number of amides is 1. The molecule has 0 aliphatic rings. The number of carbonyl (C=O) groups excluding carboxylic acids is 2. The monoisotopic (exact) mass is 268 g/mol. The van der Waals surface area contributed by atoms with Crippen molar-refractivity contribution in [1.29, 1.82) is 0 Å². The lowest BCUT2D eigenvalue weighted by Gasteiger charge is -2.08. The van der Waals surface area contributed by atoms with Gasteiger partial charge in [0.1, 0.15) is 6.10 Å². The van der Waals surface area contributed by atoms with Crippen molar-refractivity contribution < 1.29 is 27.9 Å². The predicted molar refractivity (Wildman–Crippen MR) is 58.2 cm³/mol. The van der Waals surface area contributed by atoms with E-state index < -0.39 is 40.3 Å². The van der Waals surface area contributed by atoms with E-state index in [4.69, 9.17) is 10.8 Å². The number of carbonyl (C=O) groups is 2. The minimum Gasteiger partial charge on any atom is -0.466 e. The SMILES string of the molecule is CCOC(=O)CCS(=O)(=O)NCC(O)C(N)=O. The van der Waals surface area contributed by atoms with Crippen LogP contribution in [0.4, 0.5) is 0 Å². The summed E-state index contributed by atoms with van der Waals surface area (Å²) in [4.78, 5) is 21.3. The average molecular weight is 268 g/mol. The van der Waals surface area contributed by atoms with Crippen molar-refractivity contribution in [3.8, 4) is 0 Å². The van der Waals surface area contributed by atoms with Crippen molar-refractivity contribution in [3.05, 3.63) is 0 Å². The third-order valence-electron chi connectivity index (χ3n) is 1.71. The first-order chi connectivity index (χ1) is 7.78. The molecule has 9 heteroatoms. The smallest absolute Gasteiger partial charge is 0.306 e. The van der Waals surface area contributed by atoms with Crippen LogP contribution >= 0.6 is 0 Å². The Morgan fingerprint density at radius 1 is 1.47 bits per heavy atom. The molecule has 4 N–H and O–H groups in total. The van der Waals surface area contributed by atoms with E-state index in [0.717, 1.165) is 0 Å². The summed E-state index contributed by atoms with van der Waals surface area (Å²) in [6.45, 7) is 1.26. The number of ether oxygens (including phenoxy) is 1. The Morgan fingerprint density at radius 3 is 2.53 bits per heavy atom. The molecule has 0 aromatic heterocycles. The van der Waals surface area contributed by atoms with Gasteiger partial charge in [-0.15, -0.1) is 0 Å². The topological polar surface area (TPSA) is 136 Å². The van der Waals surface area contributed by atoms with Crippen molar-refractivity contribution in [2.24, 2.45) is 5.73 Å². The number of hydrogen-bond acceptors (Lipinski definition) is 6. The first-order valence-electron chi connectivity index (χ1n) is 4.89. The van der Waals surface area contributed by atoms with Crippen molar-refractivity contribution in [2.45, 2.75) is 19.4 Å². The molecule has 0 aromatic carbocycles. The fraction of sp³-hybridized carbons (Fsp3) is 0.750. The van der Waals surface area contributed by atoms with Crippen molar-refractivity contribution in [1.82, 2.24) is 4.72 Å². The largest absolute Gasteiger partial charge is 0.466 e. The van der Waals surface area contributed by atoms with Crippen LogP contribution in [0, 0.1) is 0 Å². The second kappa shape index (κ2) is 7.20. The van der Waals surface area contributed by atoms with Crippen LogP contribution in [-0.2, 0) is 24.3 Å². The third kappa shape index (κ3) is 7.66. The second-order valence-corrected chi connectivity index (χ2v) is 5.07. The van der Waals surface area contributed by atoms with Gasteiger partial charge in [-0.1, -0.05) is 0 Å². The fourth-order valence-corrected chi connectivity index (χ4v) is 1.82. The van der Waals surface area contributed by atoms with Crippen LogP contribution in [0.5, 0.6) is 0 Å². The Kier molecular flexibility index (Phi) is 6.69. The van der Waals surface area contributed by atoms with Crippen LogP contribution in [0.2, 0.25) is 0 Å². The van der Waals surface area contributed by atoms with E-state index in [0.29, 0.717) is 0 Å². The van der Waals surface area contributed by atoms with Gasteiger partial charge in [-0.05, 0) is 6.92 Å². The number of aliphatic hydroxyl groups is 1. The van der Waals surface area contributed by atoms with E-state index in [1.165, 1.54) is 0 Å². The van der Waals surface area contributed by atoms with E-state index in [2.05, 4.69) is 4.74 Å². The lowest BCUT2D eigenvalue weighted by Crippen LogP contribution is -2.40. The lowest BCUT2D eigenvalue weighted by atomic mass is 10.3. The van der Waals surface area contributed by atoms with Crippen molar-refractivity contribution >= 4 is 21.9 Å². The summed E-state index contributed by atoms with van der Waals surface area (Å²) in [7, 11) is -3.74. The van der Waals surface area contributed by atoms with Gasteiger partial charge in [0.25, 0.3) is 0 Å². The number of primary amides is 1. The summed E-state index contributed by atoms with van der Waals surface area (Å²) in [6, 6.07) is 0. The molecule has 8 nitrogen and oxygen atoms in total. The maximum absolute atomic E-state index is 11.3. The van der Waals surface area contributed by atoms with Crippen molar-refractivity contribution in [2.75, 3.05) is 18.9 Å².